The molecule has 1 aromatic rings. The van der Waals surface area contributed by atoms with Crippen molar-refractivity contribution in [1.29, 1.82) is 5.26 Å². The molecule has 96 valence electrons. The van der Waals surface area contributed by atoms with Crippen molar-refractivity contribution in [1.82, 2.24) is 10.2 Å². The summed E-state index contributed by atoms with van der Waals surface area (Å²) in [6.07, 6.45) is 1.19. The van der Waals surface area contributed by atoms with Gasteiger partial charge in [0.1, 0.15) is 0 Å². The van der Waals surface area contributed by atoms with Crippen LogP contribution in [0.3, 0.4) is 0 Å². The monoisotopic (exact) mass is 243 g/mol. The van der Waals surface area contributed by atoms with Crippen molar-refractivity contribution in [3.63, 3.8) is 0 Å². The van der Waals surface area contributed by atoms with Crippen molar-refractivity contribution < 1.29 is 0 Å². The molecule has 0 unspecified atom stereocenters. The number of nitrogens with one attached hydrogen (secondary N) is 1. The fourth-order valence-corrected chi connectivity index (χ4v) is 2.37. The minimum absolute atomic E-state index is 0.681. The second-order valence-electron chi connectivity index (χ2n) is 5.04. The van der Waals surface area contributed by atoms with Gasteiger partial charge in [0.05, 0.1) is 11.6 Å². The van der Waals surface area contributed by atoms with Gasteiger partial charge >= 0.3 is 0 Å². The lowest BCUT2D eigenvalue weighted by Gasteiger charge is -2.38. The summed E-state index contributed by atoms with van der Waals surface area (Å²) in [5, 5.41) is 12.2. The van der Waals surface area contributed by atoms with Crippen molar-refractivity contribution in [3.05, 3.63) is 34.9 Å². The molecule has 3 heteroatoms. The summed E-state index contributed by atoms with van der Waals surface area (Å²) >= 11 is 0. The summed E-state index contributed by atoms with van der Waals surface area (Å²) < 4.78 is 0. The molecule has 0 radical (unpaired) electrons. The minimum Gasteiger partial charge on any atom is -0.314 e. The van der Waals surface area contributed by atoms with E-state index in [1.165, 1.54) is 17.5 Å². The average Bonchev–Trinajstić information content (AvgIpc) is 2.29. The van der Waals surface area contributed by atoms with Crippen molar-refractivity contribution >= 4 is 0 Å². The van der Waals surface area contributed by atoms with Crippen LogP contribution in [0, 0.1) is 18.3 Å². The van der Waals surface area contributed by atoms with Gasteiger partial charge in [-0.3, -0.25) is 4.90 Å². The summed E-state index contributed by atoms with van der Waals surface area (Å²) in [6.45, 7) is 8.68. The van der Waals surface area contributed by atoms with Gasteiger partial charge in [-0.05, 0) is 43.1 Å². The van der Waals surface area contributed by atoms with Gasteiger partial charge in [0.2, 0.25) is 0 Å². The summed E-state index contributed by atoms with van der Waals surface area (Å²) in [4.78, 5) is 2.55. The van der Waals surface area contributed by atoms with Gasteiger partial charge in [-0.2, -0.15) is 5.26 Å². The van der Waals surface area contributed by atoms with Crippen LogP contribution in [-0.4, -0.2) is 30.6 Å². The van der Waals surface area contributed by atoms with E-state index in [0.717, 1.165) is 31.7 Å². The van der Waals surface area contributed by atoms with Crippen molar-refractivity contribution in [2.45, 2.75) is 32.9 Å². The normalized spacial score (nSPS) is 15.4. The van der Waals surface area contributed by atoms with Gasteiger partial charge < -0.3 is 5.32 Å². The molecule has 0 atom stereocenters. The third-order valence-electron chi connectivity index (χ3n) is 3.63. The minimum atomic E-state index is 0.681. The number of rotatable bonds is 5. The Morgan fingerprint density at radius 2 is 2.22 bits per heavy atom. The van der Waals surface area contributed by atoms with Gasteiger partial charge in [0.15, 0.2) is 0 Å². The zero-order valence-electron chi connectivity index (χ0n) is 11.2. The number of hydrogen-bond donors (Lipinski definition) is 1. The molecule has 1 heterocycles. The van der Waals surface area contributed by atoms with E-state index < -0.39 is 0 Å². The van der Waals surface area contributed by atoms with Crippen LogP contribution in [0.15, 0.2) is 18.2 Å². The van der Waals surface area contributed by atoms with Gasteiger partial charge in [0, 0.05) is 25.7 Å². The van der Waals surface area contributed by atoms with Crippen molar-refractivity contribution in [2.24, 2.45) is 0 Å². The number of aryl methyl sites for hydroxylation is 1. The van der Waals surface area contributed by atoms with Gasteiger partial charge in [-0.1, -0.05) is 13.0 Å². The Morgan fingerprint density at radius 3 is 2.72 bits per heavy atom. The molecule has 1 aliphatic rings. The lowest BCUT2D eigenvalue weighted by molar-refractivity contribution is 0.137. The predicted molar refractivity (Wildman–Crippen MR) is 73.3 cm³/mol. The molecule has 1 aliphatic heterocycles. The van der Waals surface area contributed by atoms with Gasteiger partial charge in [-0.25, -0.2) is 0 Å². The van der Waals surface area contributed by atoms with E-state index in [2.05, 4.69) is 36.2 Å². The van der Waals surface area contributed by atoms with Crippen molar-refractivity contribution in [2.75, 3.05) is 19.6 Å². The van der Waals surface area contributed by atoms with Gasteiger partial charge in [-0.15, -0.1) is 0 Å². The second kappa shape index (κ2) is 5.99. The number of benzene rings is 1. The lowest BCUT2D eigenvalue weighted by atomic mass is 10.0. The van der Waals surface area contributed by atoms with E-state index in [1.54, 1.807) is 0 Å². The molecular weight excluding hydrogens is 222 g/mol. The highest BCUT2D eigenvalue weighted by atomic mass is 15.2. The maximum atomic E-state index is 8.89. The third-order valence-corrected chi connectivity index (χ3v) is 3.63. The maximum absolute atomic E-state index is 8.89. The van der Waals surface area contributed by atoms with E-state index in [1.807, 2.05) is 12.1 Å². The largest absolute Gasteiger partial charge is 0.314 e. The molecule has 1 aromatic carbocycles. The second-order valence-corrected chi connectivity index (χ2v) is 5.04. The smallest absolute Gasteiger partial charge is 0.0991 e. The molecule has 0 saturated carbocycles. The SMILES string of the molecule is CCCN(Cc1ccc(C#N)cc1C)C1CNC1. The quantitative estimate of drug-likeness (QED) is 0.860. The van der Waals surface area contributed by atoms with Crippen LogP contribution >= 0.6 is 0 Å². The molecule has 1 N–H and O–H groups in total. The number of hydrogen-bond acceptors (Lipinski definition) is 3. The summed E-state index contributed by atoms with van der Waals surface area (Å²) in [5.74, 6) is 0. The topological polar surface area (TPSA) is 39.1 Å². The molecule has 0 bridgehead atoms. The molecule has 0 spiro atoms. The Balaban J connectivity index is 2.08. The Labute approximate surface area is 109 Å². The third kappa shape index (κ3) is 2.90. The van der Waals surface area contributed by atoms with Crippen LogP contribution in [0.5, 0.6) is 0 Å². The summed E-state index contributed by atoms with van der Waals surface area (Å²) in [7, 11) is 0. The number of nitrogens with zero attached hydrogens (tertiary/aromatic N) is 2. The first-order chi connectivity index (χ1) is 8.74. The van der Waals surface area contributed by atoms with Crippen LogP contribution < -0.4 is 5.32 Å². The molecule has 0 aromatic heterocycles. The fraction of sp³-hybridized carbons (Fsp3) is 0.533. The van der Waals surface area contributed by atoms with E-state index in [-0.39, 0.29) is 0 Å². The van der Waals surface area contributed by atoms with E-state index >= 15 is 0 Å². The predicted octanol–water partition coefficient (Wildman–Crippen LogP) is 2.05. The van der Waals surface area contributed by atoms with Crippen LogP contribution in [-0.2, 0) is 6.54 Å². The summed E-state index contributed by atoms with van der Waals surface area (Å²) in [6, 6.07) is 8.88. The van der Waals surface area contributed by atoms with Crippen LogP contribution in [0.1, 0.15) is 30.0 Å². The lowest BCUT2D eigenvalue weighted by Crippen LogP contribution is -2.57. The molecule has 18 heavy (non-hydrogen) atoms. The van der Waals surface area contributed by atoms with Crippen LogP contribution in [0.4, 0.5) is 0 Å². The van der Waals surface area contributed by atoms with Crippen LogP contribution in [0.2, 0.25) is 0 Å². The zero-order valence-corrected chi connectivity index (χ0v) is 11.2. The molecule has 1 fully saturated rings. The Morgan fingerprint density at radius 1 is 1.44 bits per heavy atom. The highest BCUT2D eigenvalue weighted by Crippen LogP contribution is 2.16. The molecule has 2 rings (SSSR count). The molecule has 1 saturated heterocycles. The Bertz CT molecular complexity index is 444. The molecular formula is C15H21N3. The molecule has 3 nitrogen and oxygen atoms in total. The maximum Gasteiger partial charge on any atom is 0.0991 e. The average molecular weight is 243 g/mol. The van der Waals surface area contributed by atoms with E-state index in [4.69, 9.17) is 5.26 Å². The van der Waals surface area contributed by atoms with E-state index in [9.17, 15) is 0 Å². The first kappa shape index (κ1) is 13.1. The van der Waals surface area contributed by atoms with Gasteiger partial charge in [0.25, 0.3) is 0 Å². The van der Waals surface area contributed by atoms with Crippen molar-refractivity contribution in [3.8, 4) is 6.07 Å². The fourth-order valence-electron chi connectivity index (χ4n) is 2.37. The standard InChI is InChI=1S/C15H21N3/c1-3-6-18(15-9-17-10-15)11-14-5-4-13(8-16)7-12(14)2/h4-5,7,15,17H,3,6,9-11H2,1-2H3. The van der Waals surface area contributed by atoms with Crippen LogP contribution in [0.25, 0.3) is 0 Å². The number of nitriles is 1. The van der Waals surface area contributed by atoms with E-state index in [0.29, 0.717) is 6.04 Å². The zero-order chi connectivity index (χ0) is 13.0. The molecule has 0 amide bonds. The Kier molecular flexibility index (Phi) is 4.35. The summed E-state index contributed by atoms with van der Waals surface area (Å²) in [5.41, 5.74) is 3.32. The molecule has 0 aliphatic carbocycles. The highest BCUT2D eigenvalue weighted by molar-refractivity contribution is 5.37. The highest BCUT2D eigenvalue weighted by Gasteiger charge is 2.24. The first-order valence-corrected chi connectivity index (χ1v) is 6.69. The Hall–Kier alpha value is -1.37. The first-order valence-electron chi connectivity index (χ1n) is 6.69.